The van der Waals surface area contributed by atoms with E-state index < -0.39 is 0 Å². The zero-order valence-corrected chi connectivity index (χ0v) is 15.8. The molecule has 1 aliphatic rings. The van der Waals surface area contributed by atoms with Crippen LogP contribution in [-0.2, 0) is 12.8 Å². The number of carbonyl (C=O) groups is 1. The van der Waals surface area contributed by atoms with Crippen LogP contribution in [0.1, 0.15) is 39.6 Å². The number of urea groups is 1. The summed E-state index contributed by atoms with van der Waals surface area (Å²) < 4.78 is 0. The molecule has 6 heteroatoms. The van der Waals surface area contributed by atoms with Gasteiger partial charge in [0, 0.05) is 17.5 Å². The summed E-state index contributed by atoms with van der Waals surface area (Å²) in [7, 11) is 0. The number of benzene rings is 2. The number of nitrogens with one attached hydrogen (secondary N) is 2. The van der Waals surface area contributed by atoms with E-state index in [0.29, 0.717) is 10.9 Å². The summed E-state index contributed by atoms with van der Waals surface area (Å²) in [5.41, 5.74) is 4.38. The number of aromatic hydroxyl groups is 1. The lowest BCUT2D eigenvalue weighted by Gasteiger charge is -2.14. The van der Waals surface area contributed by atoms with Crippen molar-refractivity contribution in [2.24, 2.45) is 0 Å². The molecule has 3 N–H and O–H groups in total. The molecule has 5 nitrogen and oxygen atoms in total. The first-order valence-electron chi connectivity index (χ1n) is 8.97. The molecule has 0 fully saturated rings. The van der Waals surface area contributed by atoms with Gasteiger partial charge < -0.3 is 10.4 Å². The fourth-order valence-electron chi connectivity index (χ4n) is 3.43. The van der Waals surface area contributed by atoms with E-state index in [4.69, 9.17) is 0 Å². The van der Waals surface area contributed by atoms with Gasteiger partial charge in [-0.05, 0) is 42.5 Å². The lowest BCUT2D eigenvalue weighted by molar-refractivity contribution is 0.248. The third-order valence-corrected chi connectivity index (χ3v) is 5.74. The Morgan fingerprint density at radius 1 is 1.26 bits per heavy atom. The second kappa shape index (κ2) is 7.40. The Bertz CT molecular complexity index is 966. The number of nitrogens with zero attached hydrogens (tertiary/aromatic N) is 1. The Labute approximate surface area is 162 Å². The molecule has 4 rings (SSSR count). The third-order valence-electron chi connectivity index (χ3n) is 4.82. The fraction of sp³-hybridized carbons (Fsp3) is 0.238. The number of phenols is 1. The average Bonchev–Trinajstić information content (AvgIpc) is 3.25. The van der Waals surface area contributed by atoms with Crippen LogP contribution in [0.4, 0.5) is 9.93 Å². The minimum Gasteiger partial charge on any atom is -0.508 e. The highest BCUT2D eigenvalue weighted by molar-refractivity contribution is 7.15. The van der Waals surface area contributed by atoms with Crippen LogP contribution >= 0.6 is 11.3 Å². The second-order valence-corrected chi connectivity index (χ2v) is 7.94. The molecule has 0 spiro atoms. The summed E-state index contributed by atoms with van der Waals surface area (Å²) >= 11 is 1.48. The van der Waals surface area contributed by atoms with Crippen LogP contribution in [0.25, 0.3) is 0 Å². The number of carbonyl (C=O) groups excluding carboxylic acids is 1. The average molecular weight is 379 g/mol. The van der Waals surface area contributed by atoms with Crippen molar-refractivity contribution >= 4 is 22.5 Å². The number of phenolic OH excluding ortho intramolecular Hbond substituents is 1. The molecule has 0 radical (unpaired) electrons. The lowest BCUT2D eigenvalue weighted by atomic mass is 10.1. The number of anilines is 1. The van der Waals surface area contributed by atoms with E-state index in [9.17, 15) is 9.90 Å². The summed E-state index contributed by atoms with van der Waals surface area (Å²) in [6.45, 7) is 2.07. The topological polar surface area (TPSA) is 74.2 Å². The molecule has 138 valence electrons. The molecule has 1 atom stereocenters. The molecule has 1 aromatic heterocycles. The van der Waals surface area contributed by atoms with Crippen molar-refractivity contribution in [2.75, 3.05) is 5.32 Å². The van der Waals surface area contributed by atoms with Crippen LogP contribution in [0.15, 0.2) is 48.7 Å². The Balaban J connectivity index is 1.36. The number of aryl methyl sites for hydroxylation is 1. The fourth-order valence-corrected chi connectivity index (χ4v) is 4.27. The maximum absolute atomic E-state index is 12.4. The molecular formula is C21H21N3O2S. The minimum atomic E-state index is -0.271. The smallest absolute Gasteiger partial charge is 0.321 e. The van der Waals surface area contributed by atoms with E-state index in [1.165, 1.54) is 22.5 Å². The zero-order chi connectivity index (χ0) is 18.8. The molecule has 0 saturated heterocycles. The first kappa shape index (κ1) is 17.5. The van der Waals surface area contributed by atoms with Gasteiger partial charge in [-0.1, -0.05) is 42.0 Å². The van der Waals surface area contributed by atoms with Gasteiger partial charge in [-0.3, -0.25) is 5.32 Å². The number of rotatable bonds is 4. The van der Waals surface area contributed by atoms with E-state index in [-0.39, 0.29) is 12.1 Å². The lowest BCUT2D eigenvalue weighted by Crippen LogP contribution is -2.31. The molecule has 2 aromatic carbocycles. The summed E-state index contributed by atoms with van der Waals surface area (Å²) in [6, 6.07) is 13.5. The van der Waals surface area contributed by atoms with E-state index in [2.05, 4.69) is 46.8 Å². The molecule has 0 aliphatic heterocycles. The van der Waals surface area contributed by atoms with E-state index in [1.54, 1.807) is 6.07 Å². The van der Waals surface area contributed by atoms with Crippen molar-refractivity contribution in [2.45, 2.75) is 32.2 Å². The quantitative estimate of drug-likeness (QED) is 0.622. The van der Waals surface area contributed by atoms with Crippen LogP contribution < -0.4 is 10.6 Å². The molecule has 1 aliphatic carbocycles. The van der Waals surface area contributed by atoms with Gasteiger partial charge in [-0.2, -0.15) is 0 Å². The van der Waals surface area contributed by atoms with Crippen molar-refractivity contribution in [3.63, 3.8) is 0 Å². The van der Waals surface area contributed by atoms with Gasteiger partial charge in [0.2, 0.25) is 0 Å². The molecule has 0 saturated carbocycles. The maximum atomic E-state index is 12.4. The number of amides is 2. The van der Waals surface area contributed by atoms with Crippen molar-refractivity contribution in [1.29, 1.82) is 0 Å². The highest BCUT2D eigenvalue weighted by Crippen LogP contribution is 2.36. The van der Waals surface area contributed by atoms with Crippen molar-refractivity contribution in [1.82, 2.24) is 10.3 Å². The van der Waals surface area contributed by atoms with E-state index in [0.717, 1.165) is 35.3 Å². The molecule has 27 heavy (non-hydrogen) atoms. The van der Waals surface area contributed by atoms with Gasteiger partial charge in [0.25, 0.3) is 0 Å². The number of hydrogen-bond acceptors (Lipinski definition) is 4. The number of aromatic nitrogens is 1. The molecule has 1 heterocycles. The molecule has 2 amide bonds. The largest absolute Gasteiger partial charge is 0.508 e. The summed E-state index contributed by atoms with van der Waals surface area (Å²) in [5, 5.41) is 16.3. The Morgan fingerprint density at radius 2 is 2.07 bits per heavy atom. The molecular weight excluding hydrogens is 358 g/mol. The molecule has 0 unspecified atom stereocenters. The highest BCUT2D eigenvalue weighted by Gasteiger charge is 2.26. The van der Waals surface area contributed by atoms with Crippen LogP contribution in [0.2, 0.25) is 0 Å². The van der Waals surface area contributed by atoms with E-state index >= 15 is 0 Å². The Morgan fingerprint density at radius 3 is 2.89 bits per heavy atom. The van der Waals surface area contributed by atoms with Crippen LogP contribution in [0, 0.1) is 6.92 Å². The van der Waals surface area contributed by atoms with Gasteiger partial charge in [-0.15, -0.1) is 11.3 Å². The van der Waals surface area contributed by atoms with Crippen LogP contribution in [0.5, 0.6) is 5.75 Å². The predicted molar refractivity (Wildman–Crippen MR) is 107 cm³/mol. The highest BCUT2D eigenvalue weighted by atomic mass is 32.1. The summed E-state index contributed by atoms with van der Waals surface area (Å²) in [6.07, 6.45) is 4.17. The minimum absolute atomic E-state index is 0.0842. The zero-order valence-electron chi connectivity index (χ0n) is 15.0. The third kappa shape index (κ3) is 3.95. The maximum Gasteiger partial charge on any atom is 0.321 e. The van der Waals surface area contributed by atoms with Gasteiger partial charge in [-0.25, -0.2) is 9.78 Å². The predicted octanol–water partition coefficient (Wildman–Crippen LogP) is 4.56. The van der Waals surface area contributed by atoms with Gasteiger partial charge in [0.15, 0.2) is 5.13 Å². The van der Waals surface area contributed by atoms with Gasteiger partial charge in [0.05, 0.1) is 6.04 Å². The normalized spacial score (nSPS) is 15.4. The number of thiazole rings is 1. The standard InChI is InChI=1S/C21H21N3O2S/c1-13-5-7-14(8-6-13)11-15-12-22-21(27-15)24-20(26)23-18-10-9-17-16(18)3-2-4-19(17)25/h2-8,12,18,25H,9-11H2,1H3,(H2,22,23,24,26)/t18-/m1/s1. The SMILES string of the molecule is Cc1ccc(Cc2cnc(NC(=O)N[C@@H]3CCc4c(O)cccc43)s2)cc1. The summed E-state index contributed by atoms with van der Waals surface area (Å²) in [5.74, 6) is 0.304. The van der Waals surface area contributed by atoms with Gasteiger partial charge in [0.1, 0.15) is 5.75 Å². The Hall–Kier alpha value is -2.86. The van der Waals surface area contributed by atoms with Crippen molar-refractivity contribution in [3.8, 4) is 5.75 Å². The first-order valence-corrected chi connectivity index (χ1v) is 9.78. The first-order chi connectivity index (χ1) is 13.1. The number of hydrogen-bond donors (Lipinski definition) is 3. The Kier molecular flexibility index (Phi) is 4.81. The molecule has 3 aromatic rings. The van der Waals surface area contributed by atoms with Crippen molar-refractivity contribution < 1.29 is 9.90 Å². The number of fused-ring (bicyclic) bond motifs is 1. The van der Waals surface area contributed by atoms with Crippen LogP contribution in [0.3, 0.4) is 0 Å². The van der Waals surface area contributed by atoms with Crippen molar-refractivity contribution in [3.05, 3.63) is 75.8 Å². The van der Waals surface area contributed by atoms with E-state index in [1.807, 2.05) is 18.3 Å². The second-order valence-electron chi connectivity index (χ2n) is 6.83. The monoisotopic (exact) mass is 379 g/mol. The van der Waals surface area contributed by atoms with Gasteiger partial charge >= 0.3 is 6.03 Å². The van der Waals surface area contributed by atoms with Crippen LogP contribution in [-0.4, -0.2) is 16.1 Å². The molecule has 0 bridgehead atoms. The summed E-state index contributed by atoms with van der Waals surface area (Å²) in [4.78, 5) is 17.8.